The molecule has 25 heavy (non-hydrogen) atoms. The SMILES string of the molecule is Cc1cccc(NC(=O)/C(C#N)=C\NC(=O)c2ccc(N)cc2)c1C. The first kappa shape index (κ1) is 17.8. The highest BCUT2D eigenvalue weighted by atomic mass is 16.2. The number of benzene rings is 2. The van der Waals surface area contributed by atoms with Crippen LogP contribution >= 0.6 is 0 Å². The van der Waals surface area contributed by atoms with Crippen LogP contribution in [0, 0.1) is 25.2 Å². The van der Waals surface area contributed by atoms with E-state index >= 15 is 0 Å². The summed E-state index contributed by atoms with van der Waals surface area (Å²) in [6.45, 7) is 3.81. The van der Waals surface area contributed by atoms with Gasteiger partial charge >= 0.3 is 0 Å². The van der Waals surface area contributed by atoms with Crippen molar-refractivity contribution >= 4 is 23.2 Å². The highest BCUT2D eigenvalue weighted by Crippen LogP contribution is 2.18. The van der Waals surface area contributed by atoms with E-state index in [1.165, 1.54) is 0 Å². The molecule has 6 nitrogen and oxygen atoms in total. The van der Waals surface area contributed by atoms with E-state index < -0.39 is 11.8 Å². The van der Waals surface area contributed by atoms with Crippen LogP contribution in [0.15, 0.2) is 54.2 Å². The lowest BCUT2D eigenvalue weighted by Gasteiger charge is -2.10. The minimum Gasteiger partial charge on any atom is -0.399 e. The normalized spacial score (nSPS) is 10.7. The zero-order chi connectivity index (χ0) is 18.4. The van der Waals surface area contributed by atoms with E-state index in [0.29, 0.717) is 16.9 Å². The lowest BCUT2D eigenvalue weighted by atomic mass is 10.1. The van der Waals surface area contributed by atoms with Crippen molar-refractivity contribution in [3.05, 3.63) is 70.9 Å². The van der Waals surface area contributed by atoms with Gasteiger partial charge in [0, 0.05) is 23.1 Å². The second kappa shape index (κ2) is 7.79. The summed E-state index contributed by atoms with van der Waals surface area (Å²) in [7, 11) is 0. The van der Waals surface area contributed by atoms with Gasteiger partial charge in [-0.05, 0) is 55.3 Å². The number of amides is 2. The molecule has 0 fully saturated rings. The molecule has 126 valence electrons. The highest BCUT2D eigenvalue weighted by molar-refractivity contribution is 6.07. The molecule has 6 heteroatoms. The predicted octanol–water partition coefficient (Wildman–Crippen LogP) is 2.66. The Labute approximate surface area is 146 Å². The first-order chi connectivity index (χ1) is 11.9. The van der Waals surface area contributed by atoms with Crippen LogP contribution in [0.5, 0.6) is 0 Å². The fraction of sp³-hybridized carbons (Fsp3) is 0.105. The molecule has 0 saturated heterocycles. The molecule has 0 saturated carbocycles. The highest BCUT2D eigenvalue weighted by Gasteiger charge is 2.12. The zero-order valence-electron chi connectivity index (χ0n) is 14.0. The maximum Gasteiger partial charge on any atom is 0.267 e. The summed E-state index contributed by atoms with van der Waals surface area (Å²) in [6, 6.07) is 13.6. The van der Waals surface area contributed by atoms with Crippen molar-refractivity contribution in [1.82, 2.24) is 5.32 Å². The molecule has 0 aliphatic heterocycles. The molecule has 2 aromatic rings. The number of hydrogen-bond acceptors (Lipinski definition) is 4. The third kappa shape index (κ3) is 4.45. The molecule has 0 unspecified atom stereocenters. The number of nitrogens with zero attached hydrogens (tertiary/aromatic N) is 1. The molecule has 0 aliphatic rings. The van der Waals surface area contributed by atoms with Crippen molar-refractivity contribution in [2.45, 2.75) is 13.8 Å². The molecule has 0 radical (unpaired) electrons. The first-order valence-corrected chi connectivity index (χ1v) is 7.56. The summed E-state index contributed by atoms with van der Waals surface area (Å²) in [5.41, 5.74) is 8.84. The number of carbonyl (C=O) groups is 2. The van der Waals surface area contributed by atoms with E-state index in [2.05, 4.69) is 10.6 Å². The fourth-order valence-electron chi connectivity index (χ4n) is 2.08. The Bertz CT molecular complexity index is 877. The molecule has 0 bridgehead atoms. The van der Waals surface area contributed by atoms with Crippen LogP contribution in [-0.2, 0) is 4.79 Å². The number of nitriles is 1. The predicted molar refractivity (Wildman–Crippen MR) is 96.6 cm³/mol. The summed E-state index contributed by atoms with van der Waals surface area (Å²) in [5, 5.41) is 14.3. The van der Waals surface area contributed by atoms with Gasteiger partial charge in [0.25, 0.3) is 11.8 Å². The van der Waals surface area contributed by atoms with Gasteiger partial charge in [-0.3, -0.25) is 9.59 Å². The average Bonchev–Trinajstić information content (AvgIpc) is 2.60. The van der Waals surface area contributed by atoms with Gasteiger partial charge < -0.3 is 16.4 Å². The Morgan fingerprint density at radius 3 is 2.44 bits per heavy atom. The minimum atomic E-state index is -0.589. The molecule has 0 aromatic heterocycles. The van der Waals surface area contributed by atoms with Crippen molar-refractivity contribution < 1.29 is 9.59 Å². The third-order valence-electron chi connectivity index (χ3n) is 3.74. The molecule has 4 N–H and O–H groups in total. The van der Waals surface area contributed by atoms with Gasteiger partial charge in [0.15, 0.2) is 0 Å². The maximum atomic E-state index is 12.2. The van der Waals surface area contributed by atoms with Gasteiger partial charge in [0.05, 0.1) is 0 Å². The Balaban J connectivity index is 2.10. The molecular formula is C19H18N4O2. The van der Waals surface area contributed by atoms with Gasteiger partial charge in [-0.1, -0.05) is 12.1 Å². The molecule has 2 aromatic carbocycles. The number of anilines is 2. The maximum absolute atomic E-state index is 12.2. The summed E-state index contributed by atoms with van der Waals surface area (Å²) in [5.74, 6) is -1.03. The smallest absolute Gasteiger partial charge is 0.267 e. The number of aryl methyl sites for hydroxylation is 1. The zero-order valence-corrected chi connectivity index (χ0v) is 14.0. The molecule has 0 spiro atoms. The van der Waals surface area contributed by atoms with Gasteiger partial charge in [0.1, 0.15) is 11.6 Å². The van der Waals surface area contributed by atoms with Crippen molar-refractivity contribution in [3.8, 4) is 6.07 Å². The molecule has 2 rings (SSSR count). The van der Waals surface area contributed by atoms with Crippen molar-refractivity contribution in [1.29, 1.82) is 5.26 Å². The van der Waals surface area contributed by atoms with Crippen LogP contribution in [0.2, 0.25) is 0 Å². The Morgan fingerprint density at radius 1 is 1.12 bits per heavy atom. The number of carbonyl (C=O) groups excluding carboxylic acids is 2. The van der Waals surface area contributed by atoms with E-state index in [-0.39, 0.29) is 5.57 Å². The lowest BCUT2D eigenvalue weighted by molar-refractivity contribution is -0.112. The summed E-state index contributed by atoms with van der Waals surface area (Å²) < 4.78 is 0. The van der Waals surface area contributed by atoms with E-state index in [0.717, 1.165) is 17.3 Å². The Hall–Kier alpha value is -3.59. The number of nitrogen functional groups attached to an aromatic ring is 1. The van der Waals surface area contributed by atoms with E-state index in [4.69, 9.17) is 5.73 Å². The molecule has 0 heterocycles. The van der Waals surface area contributed by atoms with E-state index in [9.17, 15) is 14.9 Å². The average molecular weight is 334 g/mol. The second-order valence-electron chi connectivity index (χ2n) is 5.47. The number of nitrogens with two attached hydrogens (primary N) is 1. The first-order valence-electron chi connectivity index (χ1n) is 7.56. The quantitative estimate of drug-likeness (QED) is 0.454. The van der Waals surface area contributed by atoms with E-state index in [1.807, 2.05) is 26.0 Å². The standard InChI is InChI=1S/C19H18N4O2/c1-12-4-3-5-17(13(12)2)23-19(25)15(10-20)11-22-18(24)14-6-8-16(21)9-7-14/h3-9,11H,21H2,1-2H3,(H,22,24)(H,23,25)/b15-11-. The largest absolute Gasteiger partial charge is 0.399 e. The summed E-state index contributed by atoms with van der Waals surface area (Å²) in [4.78, 5) is 24.2. The number of hydrogen-bond donors (Lipinski definition) is 3. The Morgan fingerprint density at radius 2 is 1.80 bits per heavy atom. The molecular weight excluding hydrogens is 316 g/mol. The fourth-order valence-corrected chi connectivity index (χ4v) is 2.08. The van der Waals surface area contributed by atoms with Crippen LogP contribution < -0.4 is 16.4 Å². The molecule has 2 amide bonds. The van der Waals surface area contributed by atoms with Gasteiger partial charge in [-0.25, -0.2) is 0 Å². The summed E-state index contributed by atoms with van der Waals surface area (Å²) >= 11 is 0. The monoisotopic (exact) mass is 334 g/mol. The lowest BCUT2D eigenvalue weighted by Crippen LogP contribution is -2.21. The molecule has 0 aliphatic carbocycles. The van der Waals surface area contributed by atoms with Crippen molar-refractivity contribution in [2.75, 3.05) is 11.1 Å². The van der Waals surface area contributed by atoms with Gasteiger partial charge in [0.2, 0.25) is 0 Å². The topological polar surface area (TPSA) is 108 Å². The van der Waals surface area contributed by atoms with Crippen LogP contribution in [0.1, 0.15) is 21.5 Å². The summed E-state index contributed by atoms with van der Waals surface area (Å²) in [6.07, 6.45) is 1.10. The van der Waals surface area contributed by atoms with Gasteiger partial charge in [-0.15, -0.1) is 0 Å². The Kier molecular flexibility index (Phi) is 5.54. The number of rotatable bonds is 4. The van der Waals surface area contributed by atoms with Crippen LogP contribution in [-0.4, -0.2) is 11.8 Å². The van der Waals surface area contributed by atoms with Crippen molar-refractivity contribution in [3.63, 3.8) is 0 Å². The van der Waals surface area contributed by atoms with Gasteiger partial charge in [-0.2, -0.15) is 5.26 Å². The van der Waals surface area contributed by atoms with E-state index in [1.54, 1.807) is 36.4 Å². The van der Waals surface area contributed by atoms with Crippen LogP contribution in [0.25, 0.3) is 0 Å². The van der Waals surface area contributed by atoms with Crippen molar-refractivity contribution in [2.24, 2.45) is 0 Å². The number of nitrogens with one attached hydrogen (secondary N) is 2. The molecule has 0 atom stereocenters. The minimum absolute atomic E-state index is 0.204. The van der Waals surface area contributed by atoms with Crippen LogP contribution in [0.3, 0.4) is 0 Å². The second-order valence-corrected chi connectivity index (χ2v) is 5.47. The third-order valence-corrected chi connectivity index (χ3v) is 3.74. The van der Waals surface area contributed by atoms with Crippen LogP contribution in [0.4, 0.5) is 11.4 Å².